The van der Waals surface area contributed by atoms with Crippen LogP contribution in [0, 0.1) is 0 Å². The number of imidazole rings is 1. The number of carbonyl (C=O) groups is 1. The van der Waals surface area contributed by atoms with Crippen molar-refractivity contribution in [2.45, 2.75) is 35.7 Å². The molecule has 0 aliphatic carbocycles. The molecule has 0 unspecified atom stereocenters. The summed E-state index contributed by atoms with van der Waals surface area (Å²) < 4.78 is 4.47. The Morgan fingerprint density at radius 3 is 2.24 bits per heavy atom. The first-order valence-corrected chi connectivity index (χ1v) is 11.9. The molecule has 0 spiro atoms. The number of rotatable bonds is 3. The number of amides is 1. The predicted molar refractivity (Wildman–Crippen MR) is 128 cm³/mol. The van der Waals surface area contributed by atoms with E-state index in [1.165, 1.54) is 5.82 Å². The summed E-state index contributed by atoms with van der Waals surface area (Å²) in [4.78, 5) is 17.8. The molecule has 0 saturated heterocycles. The minimum Gasteiger partial charge on any atom is -1.00 e. The molecule has 0 radical (unpaired) electrons. The fourth-order valence-electron chi connectivity index (χ4n) is 4.69. The number of fused-ring (bicyclic) bond motifs is 3. The third-order valence-electron chi connectivity index (χ3n) is 6.12. The molecule has 1 aromatic heterocycles. The lowest BCUT2D eigenvalue weighted by Crippen LogP contribution is -3.00. The van der Waals surface area contributed by atoms with Gasteiger partial charge in [-0.15, -0.1) is 0 Å². The summed E-state index contributed by atoms with van der Waals surface area (Å²) in [5.41, 5.74) is 4.16. The zero-order valence-electron chi connectivity index (χ0n) is 17.7. The van der Waals surface area contributed by atoms with Gasteiger partial charge in [0.15, 0.2) is 12.2 Å². The molecule has 4 aromatic rings. The lowest BCUT2D eigenvalue weighted by Gasteiger charge is -2.30. The van der Waals surface area contributed by atoms with Crippen LogP contribution in [0.4, 0.5) is 11.4 Å². The summed E-state index contributed by atoms with van der Waals surface area (Å²) in [5, 5.41) is 0.727. The van der Waals surface area contributed by atoms with Gasteiger partial charge < -0.3 is 12.4 Å². The Bertz CT molecular complexity index is 1300. The second-order valence-electron chi connectivity index (χ2n) is 8.09. The van der Waals surface area contributed by atoms with Crippen LogP contribution in [-0.2, 0) is 24.3 Å². The van der Waals surface area contributed by atoms with Crippen LogP contribution in [0.3, 0.4) is 0 Å². The first-order valence-electron chi connectivity index (χ1n) is 10.8. The molecule has 0 N–H and O–H groups in total. The summed E-state index contributed by atoms with van der Waals surface area (Å²) >= 11 is 7.81. The van der Waals surface area contributed by atoms with Crippen molar-refractivity contribution in [3.63, 3.8) is 0 Å². The Morgan fingerprint density at radius 1 is 0.939 bits per heavy atom. The van der Waals surface area contributed by atoms with E-state index in [0.717, 1.165) is 56.8 Å². The van der Waals surface area contributed by atoms with E-state index in [-0.39, 0.29) is 18.3 Å². The molecule has 0 fully saturated rings. The van der Waals surface area contributed by atoms with Crippen molar-refractivity contribution in [2.75, 3.05) is 4.90 Å². The first kappa shape index (κ1) is 22.1. The molecule has 0 saturated carbocycles. The van der Waals surface area contributed by atoms with E-state index in [0.29, 0.717) is 6.54 Å². The van der Waals surface area contributed by atoms with Gasteiger partial charge in [0.05, 0.1) is 24.3 Å². The number of benzene rings is 3. The van der Waals surface area contributed by atoms with Gasteiger partial charge in [-0.25, -0.2) is 9.13 Å². The van der Waals surface area contributed by atoms with Crippen molar-refractivity contribution in [1.29, 1.82) is 0 Å². The Morgan fingerprint density at radius 2 is 1.58 bits per heavy atom. The number of para-hydroxylation sites is 2. The summed E-state index contributed by atoms with van der Waals surface area (Å²) in [6, 6.07) is 24.2. The highest BCUT2D eigenvalue weighted by atomic mass is 35.5. The molecule has 3 heterocycles. The van der Waals surface area contributed by atoms with Crippen LogP contribution in [0.15, 0.2) is 88.8 Å². The van der Waals surface area contributed by atoms with Gasteiger partial charge in [0.1, 0.15) is 6.20 Å². The third kappa shape index (κ3) is 3.84. The van der Waals surface area contributed by atoms with Crippen molar-refractivity contribution in [3.05, 3.63) is 89.8 Å². The van der Waals surface area contributed by atoms with Crippen LogP contribution in [0.25, 0.3) is 11.3 Å². The molecule has 7 heteroatoms. The molecule has 1 amide bonds. The highest BCUT2D eigenvalue weighted by Gasteiger charge is 2.33. The number of aromatic nitrogens is 2. The standard InChI is InChI=1S/C26H21ClN3OS.ClH/c27-19-13-11-18(12-14-19)22-16-28(25-10-5-15-29(22)25)17-26(31)30-20-6-1-3-8-23(20)32-24-9-4-2-7-21(24)30;/h1-4,6-9,11-14,16H,5,10,15,17H2;1H/q+1;/p-1. The highest BCUT2D eigenvalue weighted by Crippen LogP contribution is 2.47. The summed E-state index contributed by atoms with van der Waals surface area (Å²) in [7, 11) is 0. The quantitative estimate of drug-likeness (QED) is 0.410. The van der Waals surface area contributed by atoms with Crippen LogP contribution < -0.4 is 21.9 Å². The van der Waals surface area contributed by atoms with E-state index in [1.807, 2.05) is 65.6 Å². The van der Waals surface area contributed by atoms with Crippen molar-refractivity contribution < 1.29 is 21.8 Å². The number of hydrogen-bond acceptors (Lipinski definition) is 2. The van der Waals surface area contributed by atoms with Gasteiger partial charge in [-0.3, -0.25) is 9.69 Å². The zero-order valence-corrected chi connectivity index (χ0v) is 20.1. The van der Waals surface area contributed by atoms with E-state index < -0.39 is 0 Å². The minimum absolute atomic E-state index is 0. The molecule has 0 bridgehead atoms. The molecule has 4 nitrogen and oxygen atoms in total. The topological polar surface area (TPSA) is 29.1 Å². The molecule has 2 aliphatic rings. The molecule has 6 rings (SSSR count). The Hall–Kier alpha value is -2.73. The molecule has 0 atom stereocenters. The van der Waals surface area contributed by atoms with Crippen molar-refractivity contribution >= 4 is 40.6 Å². The summed E-state index contributed by atoms with van der Waals surface area (Å²) in [5.74, 6) is 1.27. The SMILES string of the molecule is O=C(C[n+]1cc(-c2ccc(Cl)cc2)n2c1CCC2)N1c2ccccc2Sc2ccccc21.[Cl-]. The number of carbonyl (C=O) groups excluding carboxylic acids is 1. The van der Waals surface area contributed by atoms with Gasteiger partial charge in [-0.05, 0) is 55.0 Å². The molecule has 33 heavy (non-hydrogen) atoms. The predicted octanol–water partition coefficient (Wildman–Crippen LogP) is 2.88. The third-order valence-corrected chi connectivity index (χ3v) is 7.50. The zero-order chi connectivity index (χ0) is 21.7. The second-order valence-corrected chi connectivity index (χ2v) is 9.61. The van der Waals surface area contributed by atoms with Crippen molar-refractivity contribution in [2.24, 2.45) is 0 Å². The average Bonchev–Trinajstić information content (AvgIpc) is 3.42. The lowest BCUT2D eigenvalue weighted by atomic mass is 10.1. The number of halogens is 2. The van der Waals surface area contributed by atoms with E-state index in [4.69, 9.17) is 11.6 Å². The van der Waals surface area contributed by atoms with Gasteiger partial charge in [-0.2, -0.15) is 0 Å². The fourth-order valence-corrected chi connectivity index (χ4v) is 5.87. The minimum atomic E-state index is 0. The van der Waals surface area contributed by atoms with Gasteiger partial charge in [0.25, 0.3) is 11.7 Å². The largest absolute Gasteiger partial charge is 1.00 e. The Labute approximate surface area is 208 Å². The smallest absolute Gasteiger partial charge is 0.273 e. The maximum atomic E-state index is 13.8. The normalized spacial score (nSPS) is 13.7. The highest BCUT2D eigenvalue weighted by molar-refractivity contribution is 7.99. The van der Waals surface area contributed by atoms with Crippen molar-refractivity contribution in [3.8, 4) is 11.3 Å². The van der Waals surface area contributed by atoms with E-state index in [2.05, 4.69) is 27.5 Å². The first-order chi connectivity index (χ1) is 15.7. The van der Waals surface area contributed by atoms with Crippen LogP contribution in [0.2, 0.25) is 5.02 Å². The Balaban J connectivity index is 0.00000228. The van der Waals surface area contributed by atoms with Crippen LogP contribution in [0.1, 0.15) is 12.2 Å². The lowest BCUT2D eigenvalue weighted by molar-refractivity contribution is -0.690. The fraction of sp³-hybridized carbons (Fsp3) is 0.154. The van der Waals surface area contributed by atoms with Crippen LogP contribution >= 0.6 is 23.4 Å². The van der Waals surface area contributed by atoms with Crippen LogP contribution in [0.5, 0.6) is 0 Å². The van der Waals surface area contributed by atoms with E-state index in [1.54, 1.807) is 11.8 Å². The molecule has 166 valence electrons. The molecular weight excluding hydrogens is 473 g/mol. The van der Waals surface area contributed by atoms with E-state index >= 15 is 0 Å². The molecular formula is C26H21Cl2N3OS. The number of nitrogens with zero attached hydrogens (tertiary/aromatic N) is 3. The van der Waals surface area contributed by atoms with Gasteiger partial charge in [0.2, 0.25) is 0 Å². The van der Waals surface area contributed by atoms with Crippen LogP contribution in [-0.4, -0.2) is 10.5 Å². The van der Waals surface area contributed by atoms with Gasteiger partial charge in [-0.1, -0.05) is 47.6 Å². The summed E-state index contributed by atoms with van der Waals surface area (Å²) in [6.07, 6.45) is 4.19. The number of anilines is 2. The second kappa shape index (κ2) is 8.90. The number of hydrogen-bond donors (Lipinski definition) is 0. The monoisotopic (exact) mass is 493 g/mol. The summed E-state index contributed by atoms with van der Waals surface area (Å²) in [6.45, 7) is 1.27. The maximum absolute atomic E-state index is 13.8. The maximum Gasteiger partial charge on any atom is 0.273 e. The molecule has 3 aromatic carbocycles. The van der Waals surface area contributed by atoms with E-state index in [9.17, 15) is 4.79 Å². The van der Waals surface area contributed by atoms with Gasteiger partial charge >= 0.3 is 0 Å². The average molecular weight is 494 g/mol. The molecule has 2 aliphatic heterocycles. The Kier molecular flexibility index (Phi) is 5.95. The van der Waals surface area contributed by atoms with Crippen molar-refractivity contribution in [1.82, 2.24) is 4.57 Å². The van der Waals surface area contributed by atoms with Gasteiger partial charge in [0, 0.05) is 20.4 Å².